The average molecular weight is 427 g/mol. The van der Waals surface area contributed by atoms with Crippen LogP contribution in [0.15, 0.2) is 58.3 Å². The number of halogens is 2. The van der Waals surface area contributed by atoms with Gasteiger partial charge in [-0.3, -0.25) is 9.59 Å². The van der Waals surface area contributed by atoms with Crippen LogP contribution in [-0.2, 0) is 0 Å². The summed E-state index contributed by atoms with van der Waals surface area (Å²) < 4.78 is 26.8. The molecule has 0 spiro atoms. The smallest absolute Gasteiger partial charge is 0.253 e. The van der Waals surface area contributed by atoms with E-state index in [4.69, 9.17) is 11.5 Å². The second kappa shape index (κ2) is 7.65. The minimum Gasteiger partial charge on any atom is -0.398 e. The Morgan fingerprint density at radius 1 is 1.00 bits per heavy atom. The molecular weight excluding hydrogens is 412 g/mol. The van der Waals surface area contributed by atoms with Crippen molar-refractivity contribution >= 4 is 33.5 Å². The minimum absolute atomic E-state index is 0.00873. The summed E-state index contributed by atoms with van der Waals surface area (Å²) >= 11 is 1.30. The maximum absolute atomic E-state index is 13.5. The lowest BCUT2D eigenvalue weighted by Crippen LogP contribution is -2.38. The predicted molar refractivity (Wildman–Crippen MR) is 114 cm³/mol. The van der Waals surface area contributed by atoms with E-state index in [0.29, 0.717) is 5.13 Å². The SMILES string of the molecule is Nc1cc(F)c(F)cc1C(N)Nc1c(Nc2ncc(-c3ccccc3)s2)c(=O)c1=O. The molecule has 0 fully saturated rings. The number of rotatable bonds is 6. The Hall–Kier alpha value is -3.63. The Labute approximate surface area is 172 Å². The zero-order chi connectivity index (χ0) is 21.4. The molecule has 4 aromatic rings. The van der Waals surface area contributed by atoms with E-state index < -0.39 is 28.7 Å². The largest absolute Gasteiger partial charge is 0.398 e. The molecule has 10 heteroatoms. The molecule has 6 N–H and O–H groups in total. The summed E-state index contributed by atoms with van der Waals surface area (Å²) in [5, 5.41) is 5.87. The molecule has 152 valence electrons. The second-order valence-corrected chi connectivity index (χ2v) is 7.48. The molecule has 1 aromatic heterocycles. The molecule has 0 saturated heterocycles. The highest BCUT2D eigenvalue weighted by molar-refractivity contribution is 7.18. The highest BCUT2D eigenvalue weighted by atomic mass is 32.1. The van der Waals surface area contributed by atoms with Gasteiger partial charge in [-0.1, -0.05) is 41.7 Å². The summed E-state index contributed by atoms with van der Waals surface area (Å²) in [7, 11) is 0. The molecule has 0 radical (unpaired) electrons. The molecule has 0 saturated carbocycles. The molecule has 1 unspecified atom stereocenters. The van der Waals surface area contributed by atoms with Crippen molar-refractivity contribution in [2.75, 3.05) is 16.4 Å². The second-order valence-electron chi connectivity index (χ2n) is 6.45. The fourth-order valence-corrected chi connectivity index (χ4v) is 3.73. The summed E-state index contributed by atoms with van der Waals surface area (Å²) in [4.78, 5) is 29.1. The molecule has 0 aliphatic carbocycles. The number of nitrogen functional groups attached to an aromatic ring is 1. The molecule has 4 rings (SSSR count). The van der Waals surface area contributed by atoms with Crippen LogP contribution >= 0.6 is 11.3 Å². The van der Waals surface area contributed by atoms with E-state index in [1.54, 1.807) is 6.20 Å². The van der Waals surface area contributed by atoms with Gasteiger partial charge in [-0.15, -0.1) is 0 Å². The minimum atomic E-state index is -1.14. The Kier molecular flexibility index (Phi) is 5.02. The van der Waals surface area contributed by atoms with E-state index >= 15 is 0 Å². The molecule has 1 atom stereocenters. The Morgan fingerprint density at radius 2 is 1.67 bits per heavy atom. The van der Waals surface area contributed by atoms with Crippen LogP contribution < -0.4 is 33.0 Å². The van der Waals surface area contributed by atoms with Crippen LogP contribution in [0.4, 0.5) is 31.0 Å². The third-order valence-electron chi connectivity index (χ3n) is 4.47. The van der Waals surface area contributed by atoms with Crippen molar-refractivity contribution in [3.05, 3.63) is 86.3 Å². The van der Waals surface area contributed by atoms with Crippen molar-refractivity contribution in [1.82, 2.24) is 4.98 Å². The number of anilines is 4. The van der Waals surface area contributed by atoms with Gasteiger partial charge in [0.15, 0.2) is 16.8 Å². The topological polar surface area (TPSA) is 123 Å². The van der Waals surface area contributed by atoms with E-state index in [1.165, 1.54) is 11.3 Å². The maximum Gasteiger partial charge on any atom is 0.253 e. The van der Waals surface area contributed by atoms with Gasteiger partial charge in [-0.05, 0) is 11.6 Å². The molecule has 0 aliphatic heterocycles. The van der Waals surface area contributed by atoms with Crippen molar-refractivity contribution in [2.24, 2.45) is 5.73 Å². The first kappa shape index (κ1) is 19.7. The van der Waals surface area contributed by atoms with Crippen LogP contribution in [0.1, 0.15) is 11.7 Å². The summed E-state index contributed by atoms with van der Waals surface area (Å²) in [5.41, 5.74) is 11.0. The maximum atomic E-state index is 13.5. The lowest BCUT2D eigenvalue weighted by atomic mass is 10.1. The van der Waals surface area contributed by atoms with E-state index in [2.05, 4.69) is 15.6 Å². The Balaban J connectivity index is 1.56. The van der Waals surface area contributed by atoms with Gasteiger partial charge in [0.25, 0.3) is 10.9 Å². The highest BCUT2D eigenvalue weighted by Gasteiger charge is 2.25. The molecule has 3 aromatic carbocycles. The third-order valence-corrected chi connectivity index (χ3v) is 5.43. The first-order valence-electron chi connectivity index (χ1n) is 8.73. The third kappa shape index (κ3) is 3.53. The number of aromatic nitrogens is 1. The monoisotopic (exact) mass is 427 g/mol. The van der Waals surface area contributed by atoms with Crippen LogP contribution in [0, 0.1) is 11.6 Å². The number of nitrogens with zero attached hydrogens (tertiary/aromatic N) is 1. The van der Waals surface area contributed by atoms with Gasteiger partial charge in [-0.2, -0.15) is 0 Å². The number of benzene rings is 2. The molecule has 0 amide bonds. The van der Waals surface area contributed by atoms with Crippen LogP contribution in [0.25, 0.3) is 10.4 Å². The number of nitrogens with one attached hydrogen (secondary N) is 2. The summed E-state index contributed by atoms with van der Waals surface area (Å²) in [6.07, 6.45) is 0.509. The molecule has 1 heterocycles. The van der Waals surface area contributed by atoms with Crippen molar-refractivity contribution < 1.29 is 8.78 Å². The van der Waals surface area contributed by atoms with Gasteiger partial charge in [0, 0.05) is 23.5 Å². The fourth-order valence-electron chi connectivity index (χ4n) is 2.90. The molecular formula is C20H15F2N5O2S. The lowest BCUT2D eigenvalue weighted by molar-refractivity contribution is 0.507. The molecule has 30 heavy (non-hydrogen) atoms. The zero-order valence-corrected chi connectivity index (χ0v) is 16.1. The zero-order valence-electron chi connectivity index (χ0n) is 15.3. The van der Waals surface area contributed by atoms with Crippen LogP contribution in [0.2, 0.25) is 0 Å². The Bertz CT molecular complexity index is 1300. The van der Waals surface area contributed by atoms with Crippen molar-refractivity contribution in [3.8, 4) is 10.4 Å². The number of nitrogens with two attached hydrogens (primary N) is 2. The van der Waals surface area contributed by atoms with Crippen molar-refractivity contribution in [3.63, 3.8) is 0 Å². The van der Waals surface area contributed by atoms with Gasteiger partial charge in [0.05, 0.1) is 4.88 Å². The van der Waals surface area contributed by atoms with Crippen LogP contribution in [0.3, 0.4) is 0 Å². The van der Waals surface area contributed by atoms with Gasteiger partial charge < -0.3 is 22.1 Å². The first-order valence-corrected chi connectivity index (χ1v) is 9.55. The number of hydrogen-bond donors (Lipinski definition) is 4. The van der Waals surface area contributed by atoms with Crippen molar-refractivity contribution in [1.29, 1.82) is 0 Å². The summed E-state index contributed by atoms with van der Waals surface area (Å²) in [5.74, 6) is -2.24. The molecule has 7 nitrogen and oxygen atoms in total. The lowest BCUT2D eigenvalue weighted by Gasteiger charge is -2.20. The number of thiazole rings is 1. The summed E-state index contributed by atoms with van der Waals surface area (Å²) in [6.45, 7) is 0. The Morgan fingerprint density at radius 3 is 2.40 bits per heavy atom. The normalized spacial score (nSPS) is 12.1. The van der Waals surface area contributed by atoms with E-state index in [9.17, 15) is 18.4 Å². The first-order chi connectivity index (χ1) is 14.3. The van der Waals surface area contributed by atoms with E-state index in [1.807, 2.05) is 30.3 Å². The average Bonchev–Trinajstić information content (AvgIpc) is 3.22. The number of hydrogen-bond acceptors (Lipinski definition) is 8. The quantitative estimate of drug-likeness (QED) is 0.212. The van der Waals surface area contributed by atoms with E-state index in [0.717, 1.165) is 22.6 Å². The predicted octanol–water partition coefficient (Wildman–Crippen LogP) is 3.08. The van der Waals surface area contributed by atoms with Crippen LogP contribution in [-0.4, -0.2) is 4.98 Å². The van der Waals surface area contributed by atoms with Gasteiger partial charge in [0.1, 0.15) is 17.5 Å². The van der Waals surface area contributed by atoms with Crippen LogP contribution in [0.5, 0.6) is 0 Å². The van der Waals surface area contributed by atoms with Crippen molar-refractivity contribution in [2.45, 2.75) is 6.17 Å². The summed E-state index contributed by atoms with van der Waals surface area (Å²) in [6, 6.07) is 11.2. The van der Waals surface area contributed by atoms with Gasteiger partial charge >= 0.3 is 0 Å². The standard InChI is InChI=1S/C20H15F2N5O2S/c21-11-6-10(13(23)7-12(11)22)19(24)26-15-16(18(29)17(15)28)27-20-25-8-14(30-20)9-4-2-1-3-5-9/h1-8,19,26H,23-24H2,(H,25,27). The fraction of sp³-hybridized carbons (Fsp3) is 0.0500. The molecule has 0 aliphatic rings. The van der Waals surface area contributed by atoms with Gasteiger partial charge in [0.2, 0.25) is 0 Å². The molecule has 0 bridgehead atoms. The van der Waals surface area contributed by atoms with Gasteiger partial charge in [-0.25, -0.2) is 13.8 Å². The highest BCUT2D eigenvalue weighted by Crippen LogP contribution is 2.32. The van der Waals surface area contributed by atoms with E-state index in [-0.39, 0.29) is 22.6 Å².